The minimum absolute atomic E-state index is 0.0872. The summed E-state index contributed by atoms with van der Waals surface area (Å²) in [5, 5.41) is 26.9. The second-order valence-electron chi connectivity index (χ2n) is 22.3. The van der Waals surface area contributed by atoms with Gasteiger partial charge in [0.25, 0.3) is 0 Å². The first-order valence-electron chi connectivity index (χ1n) is 27.0. The summed E-state index contributed by atoms with van der Waals surface area (Å²) in [6.07, 6.45) is 15.0. The molecule has 6 N–H and O–H groups in total. The summed E-state index contributed by atoms with van der Waals surface area (Å²) in [6, 6.07) is 42.6. The van der Waals surface area contributed by atoms with E-state index in [1.807, 2.05) is 0 Å². The topological polar surface area (TPSA) is 116 Å². The van der Waals surface area contributed by atoms with Crippen molar-refractivity contribution in [3.8, 4) is 23.0 Å². The molecule has 4 aromatic rings. The molecule has 360 valence electrons. The van der Waals surface area contributed by atoms with E-state index in [1.165, 1.54) is 25.7 Å². The van der Waals surface area contributed by atoms with Crippen molar-refractivity contribution in [1.82, 2.24) is 39.7 Å². The zero-order valence-electron chi connectivity index (χ0n) is 39.7. The Morgan fingerprint density at radius 2 is 0.623 bits per heavy atom. The Morgan fingerprint density at radius 3 is 0.971 bits per heavy atom. The van der Waals surface area contributed by atoms with Gasteiger partial charge >= 0.3 is 417 Å². The summed E-state index contributed by atoms with van der Waals surface area (Å²) in [5.74, 6) is 6.73. The Morgan fingerprint density at radius 1 is 0.319 bits per heavy atom. The molecule has 6 bridgehead atoms. The Labute approximate surface area is 414 Å². The third-order valence-corrected chi connectivity index (χ3v) is 20.6. The molecule has 6 aliphatic heterocycles. The molecule has 20 unspecified atom stereocenters. The summed E-state index contributed by atoms with van der Waals surface area (Å²) in [4.78, 5) is 0. The second kappa shape index (κ2) is 18.7. The van der Waals surface area contributed by atoms with E-state index in [9.17, 15) is 0 Å². The standard InChI is InChI=1S/C56H70N8O4.Al/c1-5-17-33(18-6-1)65-41-29-13-25-37-45(41)53-57-49(37)62-54-47-39(27-15-31-43(47)67-35-21-9-3-10-22-35)51(59-54)64-56-48-40(28-16-32-44(48)68-36-23-11-4-12-24-36)52(60-56)63-55-46-38(50(58-55)61-53)26-14-30-42(46)66-34-19-7-2-8-20-34;/h1-12,17-24,37-57,60-64H,13-16,25-32H2;/q-2;+3. The Hall–Kier alpha value is -3.71. The molecule has 0 amide bonds. The van der Waals surface area contributed by atoms with Crippen molar-refractivity contribution in [3.63, 3.8) is 0 Å². The fourth-order valence-corrected chi connectivity index (χ4v) is 18.2. The van der Waals surface area contributed by atoms with Crippen molar-refractivity contribution in [3.05, 3.63) is 121 Å². The van der Waals surface area contributed by atoms with E-state index in [4.69, 9.17) is 18.9 Å². The monoisotopic (exact) mass is 946 g/mol. The second-order valence-corrected chi connectivity index (χ2v) is 23.7. The number of hydrogen-bond donors (Lipinski definition) is 6. The van der Waals surface area contributed by atoms with Crippen LogP contribution in [0.3, 0.4) is 0 Å². The molecule has 4 saturated carbocycles. The first-order chi connectivity index (χ1) is 34.2. The van der Waals surface area contributed by atoms with Crippen LogP contribution in [0, 0.1) is 47.3 Å². The average Bonchev–Trinajstić information content (AvgIpc) is 4.10. The van der Waals surface area contributed by atoms with Crippen LogP contribution in [-0.4, -0.2) is 97.2 Å². The van der Waals surface area contributed by atoms with Crippen LogP contribution in [0.25, 0.3) is 0 Å². The Balaban J connectivity index is 0.905. The van der Waals surface area contributed by atoms with E-state index < -0.39 is 0 Å². The number of benzene rings is 4. The van der Waals surface area contributed by atoms with Gasteiger partial charge in [-0.2, -0.15) is 0 Å². The van der Waals surface area contributed by atoms with E-state index in [-0.39, 0.29) is 101 Å². The zero-order chi connectivity index (χ0) is 45.4. The van der Waals surface area contributed by atoms with E-state index in [0.29, 0.717) is 35.5 Å². The fourth-order valence-electron chi connectivity index (χ4n) is 16.1. The molecule has 12 nitrogen and oxygen atoms in total. The van der Waals surface area contributed by atoms with Crippen LogP contribution in [0.5, 0.6) is 23.0 Å². The van der Waals surface area contributed by atoms with Crippen LogP contribution in [0.15, 0.2) is 121 Å². The molecular weight excluding hydrogens is 876 g/mol. The summed E-state index contributed by atoms with van der Waals surface area (Å²) < 4.78 is 34.7. The molecule has 0 radical (unpaired) electrons. The number of ether oxygens (including phenoxy) is 4. The van der Waals surface area contributed by atoms with Crippen molar-refractivity contribution in [2.24, 2.45) is 47.3 Å². The van der Waals surface area contributed by atoms with Crippen LogP contribution in [0.4, 0.5) is 0 Å². The number of hydrogen-bond acceptors (Lipinski definition) is 12. The van der Waals surface area contributed by atoms with E-state index >= 15 is 0 Å². The molecule has 6 heterocycles. The van der Waals surface area contributed by atoms with Crippen molar-refractivity contribution < 1.29 is 18.9 Å². The maximum atomic E-state index is 7.25. The summed E-state index contributed by atoms with van der Waals surface area (Å²) >= 11 is -0.354. The number of para-hydroxylation sites is 4. The Bertz CT molecular complexity index is 2200. The van der Waals surface area contributed by atoms with Crippen LogP contribution in [0.1, 0.15) is 77.0 Å². The SMILES string of the molecule is c1ccc(OC2CCCC3C4NC(NC5C6CCCC(Oc7ccccc7)C6C6NC7NC(NC8C9CCCC(Oc%10ccccc%10)C9C(N4)[N]8[Al+][N]56)C4C(Oc5ccccc5)CCCC74)C23)cc1. The molecule has 20 atom stereocenters. The van der Waals surface area contributed by atoms with Gasteiger partial charge in [0.1, 0.15) is 0 Å². The van der Waals surface area contributed by atoms with Gasteiger partial charge in [-0.15, -0.1) is 0 Å². The van der Waals surface area contributed by atoms with E-state index in [0.717, 1.165) is 74.4 Å². The van der Waals surface area contributed by atoms with Gasteiger partial charge < -0.3 is 0 Å². The average molecular weight is 946 g/mol. The van der Waals surface area contributed by atoms with Gasteiger partial charge in [-0.25, -0.2) is 0 Å². The molecule has 10 aliphatic rings. The predicted molar refractivity (Wildman–Crippen MR) is 265 cm³/mol. The van der Waals surface area contributed by atoms with Crippen molar-refractivity contribution in [2.45, 2.75) is 151 Å². The van der Waals surface area contributed by atoms with Crippen molar-refractivity contribution in [2.75, 3.05) is 0 Å². The molecule has 14 rings (SSSR count). The molecule has 0 aromatic heterocycles. The molecule has 4 aliphatic carbocycles. The van der Waals surface area contributed by atoms with Gasteiger partial charge in [0.15, 0.2) is 0 Å². The van der Waals surface area contributed by atoms with Crippen LogP contribution in [0.2, 0.25) is 0 Å². The van der Waals surface area contributed by atoms with Gasteiger partial charge in [-0.1, -0.05) is 0 Å². The van der Waals surface area contributed by atoms with E-state index in [2.05, 4.69) is 161 Å². The van der Waals surface area contributed by atoms with Crippen molar-refractivity contribution >= 4 is 15.7 Å². The van der Waals surface area contributed by atoms with Gasteiger partial charge in [-0.3, -0.25) is 0 Å². The van der Waals surface area contributed by atoms with Crippen LogP contribution in [-0.2, 0) is 0 Å². The molecular formula is C56H70AlN8O4+. The quantitative estimate of drug-likeness (QED) is 0.104. The molecule has 13 heteroatoms. The van der Waals surface area contributed by atoms with Crippen molar-refractivity contribution in [1.29, 1.82) is 0 Å². The maximum absolute atomic E-state index is 7.25. The first-order valence-corrected chi connectivity index (χ1v) is 28.0. The number of nitrogens with one attached hydrogen (secondary N) is 6. The van der Waals surface area contributed by atoms with Crippen LogP contribution < -0.4 is 50.8 Å². The summed E-state index contributed by atoms with van der Waals surface area (Å²) in [5.41, 5.74) is 0. The number of rotatable bonds is 8. The zero-order valence-corrected chi connectivity index (χ0v) is 40.8. The predicted octanol–water partition coefficient (Wildman–Crippen LogP) is 6.81. The normalized spacial score (nSPS) is 43.1. The third-order valence-electron chi connectivity index (χ3n) is 18.8. The Kier molecular flexibility index (Phi) is 11.9. The molecule has 6 saturated heterocycles. The van der Waals surface area contributed by atoms with E-state index in [1.54, 1.807) is 0 Å². The fraction of sp³-hybridized carbons (Fsp3) is 0.571. The number of nitrogens with zero attached hydrogens (tertiary/aromatic N) is 2. The van der Waals surface area contributed by atoms with Gasteiger partial charge in [0.2, 0.25) is 0 Å². The first kappa shape index (κ1) is 44.0. The van der Waals surface area contributed by atoms with Gasteiger partial charge in [0, 0.05) is 0 Å². The molecule has 4 aromatic carbocycles. The minimum atomic E-state index is -0.354. The molecule has 10 fully saturated rings. The molecule has 69 heavy (non-hydrogen) atoms. The number of fused-ring (bicyclic) bond motifs is 16. The third kappa shape index (κ3) is 8.03. The van der Waals surface area contributed by atoms with Crippen LogP contribution >= 0.6 is 0 Å². The van der Waals surface area contributed by atoms with Gasteiger partial charge in [-0.05, 0) is 0 Å². The summed E-state index contributed by atoms with van der Waals surface area (Å²) in [6.45, 7) is 0. The molecule has 0 spiro atoms. The van der Waals surface area contributed by atoms with Gasteiger partial charge in [0.05, 0.1) is 0 Å². The summed E-state index contributed by atoms with van der Waals surface area (Å²) in [7, 11) is 0.